The Balaban J connectivity index is 1.84. The third-order valence-corrected chi connectivity index (χ3v) is 3.33. The molecule has 0 bridgehead atoms. The van der Waals surface area contributed by atoms with E-state index in [1.165, 1.54) is 4.57 Å². The number of hydrogen-bond acceptors (Lipinski definition) is 3. The zero-order chi connectivity index (χ0) is 14.7. The first-order valence-electron chi connectivity index (χ1n) is 6.76. The minimum Gasteiger partial charge on any atom is -0.383 e. The van der Waals surface area contributed by atoms with Crippen LogP contribution >= 0.6 is 0 Å². The second kappa shape index (κ2) is 5.66. The van der Waals surface area contributed by atoms with Crippen LogP contribution in [0.4, 0.5) is 5.69 Å². The molecule has 0 aliphatic carbocycles. The average Bonchev–Trinajstić information content (AvgIpc) is 2.51. The maximum absolute atomic E-state index is 12.3. The van der Waals surface area contributed by atoms with Crippen LogP contribution in [0.2, 0.25) is 0 Å². The molecule has 0 atom stereocenters. The minimum absolute atomic E-state index is 0.260. The fourth-order valence-electron chi connectivity index (χ4n) is 2.27. The van der Waals surface area contributed by atoms with Gasteiger partial charge in [-0.25, -0.2) is 4.79 Å². The van der Waals surface area contributed by atoms with Crippen LogP contribution < -0.4 is 16.6 Å². The molecule has 5 nitrogen and oxygen atoms in total. The molecule has 0 saturated heterocycles. The minimum atomic E-state index is -0.381. The van der Waals surface area contributed by atoms with Crippen LogP contribution in [0.25, 0.3) is 10.9 Å². The number of aromatic amines is 1. The molecule has 0 aliphatic heterocycles. The summed E-state index contributed by atoms with van der Waals surface area (Å²) in [6, 6.07) is 16.7. The van der Waals surface area contributed by atoms with Gasteiger partial charge in [0, 0.05) is 18.8 Å². The first kappa shape index (κ1) is 13.2. The molecule has 21 heavy (non-hydrogen) atoms. The van der Waals surface area contributed by atoms with E-state index < -0.39 is 0 Å². The summed E-state index contributed by atoms with van der Waals surface area (Å²) in [7, 11) is 0. The van der Waals surface area contributed by atoms with Crippen LogP contribution in [0, 0.1) is 0 Å². The zero-order valence-corrected chi connectivity index (χ0v) is 11.4. The van der Waals surface area contributed by atoms with Gasteiger partial charge in [-0.3, -0.25) is 9.36 Å². The van der Waals surface area contributed by atoms with E-state index >= 15 is 0 Å². The highest BCUT2D eigenvalue weighted by Crippen LogP contribution is 2.05. The van der Waals surface area contributed by atoms with Gasteiger partial charge >= 0.3 is 5.69 Å². The molecular formula is C16H15N3O2. The van der Waals surface area contributed by atoms with E-state index in [0.29, 0.717) is 24.0 Å². The molecule has 1 aromatic heterocycles. The molecule has 5 heteroatoms. The van der Waals surface area contributed by atoms with E-state index in [0.717, 1.165) is 5.69 Å². The van der Waals surface area contributed by atoms with Gasteiger partial charge in [-0.05, 0) is 24.3 Å². The lowest BCUT2D eigenvalue weighted by Gasteiger charge is -2.08. The number of fused-ring (bicyclic) bond motifs is 1. The molecule has 106 valence electrons. The van der Waals surface area contributed by atoms with Crippen molar-refractivity contribution in [2.24, 2.45) is 0 Å². The molecule has 0 fully saturated rings. The van der Waals surface area contributed by atoms with Crippen molar-refractivity contribution in [2.75, 3.05) is 11.9 Å². The predicted octanol–water partition coefficient (Wildman–Crippen LogP) is 1.80. The van der Waals surface area contributed by atoms with Crippen molar-refractivity contribution in [1.82, 2.24) is 9.55 Å². The predicted molar refractivity (Wildman–Crippen MR) is 83.8 cm³/mol. The normalized spacial score (nSPS) is 10.7. The topological polar surface area (TPSA) is 66.9 Å². The second-order valence-electron chi connectivity index (χ2n) is 4.73. The van der Waals surface area contributed by atoms with Crippen molar-refractivity contribution < 1.29 is 0 Å². The molecule has 0 radical (unpaired) electrons. The van der Waals surface area contributed by atoms with E-state index in [-0.39, 0.29) is 11.2 Å². The van der Waals surface area contributed by atoms with E-state index in [1.54, 1.807) is 24.3 Å². The van der Waals surface area contributed by atoms with E-state index in [4.69, 9.17) is 0 Å². The Morgan fingerprint density at radius 2 is 1.67 bits per heavy atom. The first-order chi connectivity index (χ1) is 10.3. The van der Waals surface area contributed by atoms with Crippen molar-refractivity contribution >= 4 is 16.6 Å². The van der Waals surface area contributed by atoms with Gasteiger partial charge in [-0.15, -0.1) is 0 Å². The third kappa shape index (κ3) is 2.72. The van der Waals surface area contributed by atoms with Gasteiger partial charge in [-0.2, -0.15) is 0 Å². The lowest BCUT2D eigenvalue weighted by Crippen LogP contribution is -2.36. The summed E-state index contributed by atoms with van der Waals surface area (Å²) in [5.41, 5.74) is 0.889. The number of rotatable bonds is 4. The number of hydrogen-bond donors (Lipinski definition) is 2. The molecule has 2 N–H and O–H groups in total. The summed E-state index contributed by atoms with van der Waals surface area (Å²) in [6.07, 6.45) is 0. The molecule has 0 spiro atoms. The van der Waals surface area contributed by atoms with Crippen LogP contribution in [0.15, 0.2) is 64.2 Å². The number of H-pyrrole nitrogens is 1. The number of anilines is 1. The van der Waals surface area contributed by atoms with Gasteiger partial charge in [0.2, 0.25) is 0 Å². The third-order valence-electron chi connectivity index (χ3n) is 3.33. The molecule has 0 aliphatic rings. The average molecular weight is 281 g/mol. The summed E-state index contributed by atoms with van der Waals surface area (Å²) in [6.45, 7) is 0.819. The Bertz CT molecular complexity index is 866. The van der Waals surface area contributed by atoms with Crippen molar-refractivity contribution in [3.8, 4) is 0 Å². The van der Waals surface area contributed by atoms with Crippen LogP contribution in [0.1, 0.15) is 0 Å². The molecule has 3 rings (SSSR count). The van der Waals surface area contributed by atoms with Crippen LogP contribution in [0.3, 0.4) is 0 Å². The highest BCUT2D eigenvalue weighted by Gasteiger charge is 2.06. The molecule has 0 unspecified atom stereocenters. The number of aromatic nitrogens is 2. The standard InChI is InChI=1S/C16H15N3O2/c20-15-13-8-4-5-9-14(13)18-16(21)19(15)11-10-17-12-6-2-1-3-7-12/h1-9,17H,10-11H2,(H,18,21). The van der Waals surface area contributed by atoms with Gasteiger partial charge in [0.1, 0.15) is 0 Å². The number of benzene rings is 2. The fourth-order valence-corrected chi connectivity index (χ4v) is 2.27. The molecule has 3 aromatic rings. The van der Waals surface area contributed by atoms with Crippen molar-refractivity contribution in [2.45, 2.75) is 6.54 Å². The molecular weight excluding hydrogens is 266 g/mol. The molecule has 0 amide bonds. The highest BCUT2D eigenvalue weighted by molar-refractivity contribution is 5.76. The maximum atomic E-state index is 12.3. The van der Waals surface area contributed by atoms with Crippen LogP contribution in [-0.2, 0) is 6.54 Å². The Kier molecular flexibility index (Phi) is 3.55. The van der Waals surface area contributed by atoms with Gasteiger partial charge in [-0.1, -0.05) is 30.3 Å². The van der Waals surface area contributed by atoms with Crippen LogP contribution in [0.5, 0.6) is 0 Å². The smallest absolute Gasteiger partial charge is 0.328 e. The number of nitrogens with zero attached hydrogens (tertiary/aromatic N) is 1. The molecule has 0 saturated carbocycles. The van der Waals surface area contributed by atoms with Crippen molar-refractivity contribution in [3.63, 3.8) is 0 Å². The van der Waals surface area contributed by atoms with Crippen LogP contribution in [-0.4, -0.2) is 16.1 Å². The Morgan fingerprint density at radius 1 is 0.952 bits per heavy atom. The van der Waals surface area contributed by atoms with Gasteiger partial charge in [0.05, 0.1) is 10.9 Å². The van der Waals surface area contributed by atoms with Crippen molar-refractivity contribution in [3.05, 3.63) is 75.4 Å². The SMILES string of the molecule is O=c1[nH]c2ccccc2c(=O)n1CCNc1ccccc1. The lowest BCUT2D eigenvalue weighted by atomic mass is 10.2. The summed E-state index contributed by atoms with van der Waals surface area (Å²) in [5.74, 6) is 0. The van der Waals surface area contributed by atoms with Crippen molar-refractivity contribution in [1.29, 1.82) is 0 Å². The Labute approximate surface area is 120 Å². The first-order valence-corrected chi connectivity index (χ1v) is 6.76. The van der Waals surface area contributed by atoms with Gasteiger partial charge < -0.3 is 10.3 Å². The fraction of sp³-hybridized carbons (Fsp3) is 0.125. The van der Waals surface area contributed by atoms with E-state index in [2.05, 4.69) is 10.3 Å². The molecule has 1 heterocycles. The second-order valence-corrected chi connectivity index (χ2v) is 4.73. The summed E-state index contributed by atoms with van der Waals surface area (Å²) in [5, 5.41) is 3.71. The number of nitrogens with one attached hydrogen (secondary N) is 2. The summed E-state index contributed by atoms with van der Waals surface area (Å²) in [4.78, 5) is 27.0. The number of para-hydroxylation sites is 2. The molecule has 2 aromatic carbocycles. The summed E-state index contributed by atoms with van der Waals surface area (Å²) >= 11 is 0. The maximum Gasteiger partial charge on any atom is 0.328 e. The summed E-state index contributed by atoms with van der Waals surface area (Å²) < 4.78 is 1.22. The Hall–Kier alpha value is -2.82. The highest BCUT2D eigenvalue weighted by atomic mass is 16.2. The largest absolute Gasteiger partial charge is 0.383 e. The lowest BCUT2D eigenvalue weighted by molar-refractivity contribution is 0.660. The van der Waals surface area contributed by atoms with E-state index in [9.17, 15) is 9.59 Å². The van der Waals surface area contributed by atoms with Gasteiger partial charge in [0.25, 0.3) is 5.56 Å². The van der Waals surface area contributed by atoms with Gasteiger partial charge in [0.15, 0.2) is 0 Å². The zero-order valence-electron chi connectivity index (χ0n) is 11.4. The van der Waals surface area contributed by atoms with E-state index in [1.807, 2.05) is 30.3 Å². The Morgan fingerprint density at radius 3 is 2.48 bits per heavy atom. The monoisotopic (exact) mass is 281 g/mol. The quantitative estimate of drug-likeness (QED) is 0.766.